The highest BCUT2D eigenvalue weighted by Gasteiger charge is 2.05. The number of nitrogens with two attached hydrogens (primary N) is 1. The lowest BCUT2D eigenvalue weighted by atomic mass is 10.1. The number of hydrogen-bond donors (Lipinski definition) is 2. The van der Waals surface area contributed by atoms with Crippen LogP contribution in [0, 0.1) is 5.82 Å². The van der Waals surface area contributed by atoms with Crippen molar-refractivity contribution < 1.29 is 9.18 Å². The molecule has 3 N–H and O–H groups in total. The van der Waals surface area contributed by atoms with E-state index in [0.717, 1.165) is 5.39 Å². The summed E-state index contributed by atoms with van der Waals surface area (Å²) < 4.78 is 13.0. The summed E-state index contributed by atoms with van der Waals surface area (Å²) in [4.78, 5) is 15.8. The monoisotopic (exact) mass is 247 g/mol. The fourth-order valence-electron chi connectivity index (χ4n) is 1.68. The summed E-state index contributed by atoms with van der Waals surface area (Å²) in [5, 5.41) is 3.40. The van der Waals surface area contributed by atoms with Gasteiger partial charge in [0.2, 0.25) is 5.91 Å². The van der Waals surface area contributed by atoms with Crippen molar-refractivity contribution in [3.05, 3.63) is 41.8 Å². The van der Waals surface area contributed by atoms with Crippen LogP contribution >= 0.6 is 0 Å². The third kappa shape index (κ3) is 3.01. The van der Waals surface area contributed by atoms with Crippen LogP contribution in [0.3, 0.4) is 0 Å². The fourth-order valence-corrected chi connectivity index (χ4v) is 1.68. The largest absolute Gasteiger partial charge is 0.354 e. The average molecular weight is 247 g/mol. The maximum atomic E-state index is 13.0. The van der Waals surface area contributed by atoms with Gasteiger partial charge in [-0.3, -0.25) is 9.78 Å². The standard InChI is InChI=1S/C13H14FN3O/c14-10-2-4-12-9(7-10)1-3-11(17-12)8-13(18)16-6-5-15/h1-4,7H,5-6,8,15H2,(H,16,18). The van der Waals surface area contributed by atoms with Gasteiger partial charge in [0.15, 0.2) is 0 Å². The van der Waals surface area contributed by atoms with E-state index in [1.54, 1.807) is 18.2 Å². The molecule has 2 aromatic rings. The zero-order chi connectivity index (χ0) is 13.0. The Balaban J connectivity index is 2.15. The number of carbonyl (C=O) groups excluding carboxylic acids is 1. The lowest BCUT2D eigenvalue weighted by molar-refractivity contribution is -0.120. The third-order valence-electron chi connectivity index (χ3n) is 2.52. The Kier molecular flexibility index (Phi) is 3.84. The van der Waals surface area contributed by atoms with Gasteiger partial charge in [-0.25, -0.2) is 4.39 Å². The molecule has 0 aliphatic heterocycles. The minimum Gasteiger partial charge on any atom is -0.354 e. The number of nitrogens with zero attached hydrogens (tertiary/aromatic N) is 1. The SMILES string of the molecule is NCCNC(=O)Cc1ccc2cc(F)ccc2n1. The zero-order valence-electron chi connectivity index (χ0n) is 9.82. The van der Waals surface area contributed by atoms with Gasteiger partial charge in [0.1, 0.15) is 5.82 Å². The molecule has 0 aliphatic rings. The lowest BCUT2D eigenvalue weighted by Crippen LogP contribution is -2.30. The van der Waals surface area contributed by atoms with E-state index in [2.05, 4.69) is 10.3 Å². The Labute approximate surface area is 104 Å². The van der Waals surface area contributed by atoms with Gasteiger partial charge in [-0.1, -0.05) is 6.07 Å². The smallest absolute Gasteiger partial charge is 0.226 e. The van der Waals surface area contributed by atoms with Gasteiger partial charge in [-0.15, -0.1) is 0 Å². The number of amides is 1. The first kappa shape index (κ1) is 12.4. The van der Waals surface area contributed by atoms with E-state index in [-0.39, 0.29) is 18.1 Å². The first-order valence-corrected chi connectivity index (χ1v) is 5.71. The number of rotatable bonds is 4. The molecule has 4 nitrogen and oxygen atoms in total. The minimum absolute atomic E-state index is 0.116. The Morgan fingerprint density at radius 3 is 2.94 bits per heavy atom. The van der Waals surface area contributed by atoms with E-state index in [4.69, 9.17) is 5.73 Å². The Morgan fingerprint density at radius 2 is 2.17 bits per heavy atom. The molecule has 0 bridgehead atoms. The molecule has 0 unspecified atom stereocenters. The number of fused-ring (bicyclic) bond motifs is 1. The highest BCUT2D eigenvalue weighted by Crippen LogP contribution is 2.14. The summed E-state index contributed by atoms with van der Waals surface area (Å²) in [6.45, 7) is 0.869. The molecule has 0 aliphatic carbocycles. The second-order valence-electron chi connectivity index (χ2n) is 3.96. The Bertz CT molecular complexity index is 571. The second kappa shape index (κ2) is 5.55. The van der Waals surface area contributed by atoms with Crippen LogP contribution < -0.4 is 11.1 Å². The number of aromatic nitrogens is 1. The molecule has 1 amide bonds. The number of benzene rings is 1. The van der Waals surface area contributed by atoms with E-state index < -0.39 is 0 Å². The number of carbonyl (C=O) groups is 1. The molecule has 0 atom stereocenters. The predicted octanol–water partition coefficient (Wildman–Crippen LogP) is 0.991. The van der Waals surface area contributed by atoms with Gasteiger partial charge in [0, 0.05) is 18.5 Å². The van der Waals surface area contributed by atoms with E-state index in [1.807, 2.05) is 0 Å². The molecule has 0 radical (unpaired) electrons. The molecule has 2 rings (SSSR count). The molecule has 0 spiro atoms. The van der Waals surface area contributed by atoms with Gasteiger partial charge in [0.25, 0.3) is 0 Å². The molecule has 0 fully saturated rings. The van der Waals surface area contributed by atoms with Crippen LogP contribution in [0.2, 0.25) is 0 Å². The predicted molar refractivity (Wildman–Crippen MR) is 67.5 cm³/mol. The lowest BCUT2D eigenvalue weighted by Gasteiger charge is -2.04. The van der Waals surface area contributed by atoms with E-state index in [1.165, 1.54) is 12.1 Å². The van der Waals surface area contributed by atoms with Gasteiger partial charge in [-0.2, -0.15) is 0 Å². The molecule has 0 saturated carbocycles. The van der Waals surface area contributed by atoms with Gasteiger partial charge >= 0.3 is 0 Å². The number of pyridine rings is 1. The number of hydrogen-bond acceptors (Lipinski definition) is 3. The highest BCUT2D eigenvalue weighted by molar-refractivity contribution is 5.81. The minimum atomic E-state index is -0.294. The fraction of sp³-hybridized carbons (Fsp3) is 0.231. The van der Waals surface area contributed by atoms with Crippen LogP contribution in [0.15, 0.2) is 30.3 Å². The van der Waals surface area contributed by atoms with Crippen molar-refractivity contribution in [3.63, 3.8) is 0 Å². The summed E-state index contributed by atoms with van der Waals surface area (Å²) in [5.74, 6) is -0.410. The second-order valence-corrected chi connectivity index (χ2v) is 3.96. The van der Waals surface area contributed by atoms with Crippen LogP contribution in [-0.4, -0.2) is 24.0 Å². The van der Waals surface area contributed by atoms with Crippen molar-refractivity contribution in [2.75, 3.05) is 13.1 Å². The van der Waals surface area contributed by atoms with Crippen molar-refractivity contribution in [2.24, 2.45) is 5.73 Å². The van der Waals surface area contributed by atoms with Crippen molar-refractivity contribution in [1.82, 2.24) is 10.3 Å². The first-order chi connectivity index (χ1) is 8.69. The molecular weight excluding hydrogens is 233 g/mol. The Morgan fingerprint density at radius 1 is 1.33 bits per heavy atom. The van der Waals surface area contributed by atoms with Crippen LogP contribution in [-0.2, 0) is 11.2 Å². The van der Waals surface area contributed by atoms with E-state index in [0.29, 0.717) is 24.3 Å². The molecule has 1 heterocycles. The molecule has 18 heavy (non-hydrogen) atoms. The molecular formula is C13H14FN3O. The summed E-state index contributed by atoms with van der Waals surface area (Å²) in [5.41, 5.74) is 6.63. The quantitative estimate of drug-likeness (QED) is 0.846. The third-order valence-corrected chi connectivity index (χ3v) is 2.52. The van der Waals surface area contributed by atoms with Crippen molar-refractivity contribution in [3.8, 4) is 0 Å². The van der Waals surface area contributed by atoms with Crippen molar-refractivity contribution in [2.45, 2.75) is 6.42 Å². The van der Waals surface area contributed by atoms with Crippen LogP contribution in [0.5, 0.6) is 0 Å². The summed E-state index contributed by atoms with van der Waals surface area (Å²) in [6, 6.07) is 7.86. The zero-order valence-corrected chi connectivity index (χ0v) is 9.82. The van der Waals surface area contributed by atoms with Crippen molar-refractivity contribution in [1.29, 1.82) is 0 Å². The molecule has 94 valence electrons. The Hall–Kier alpha value is -2.01. The number of halogens is 1. The normalized spacial score (nSPS) is 10.6. The molecule has 1 aromatic heterocycles. The van der Waals surface area contributed by atoms with Gasteiger partial charge < -0.3 is 11.1 Å². The summed E-state index contributed by atoms with van der Waals surface area (Å²) in [7, 11) is 0. The molecule has 0 saturated heterocycles. The van der Waals surface area contributed by atoms with Crippen molar-refractivity contribution >= 4 is 16.8 Å². The summed E-state index contributed by atoms with van der Waals surface area (Å²) in [6.07, 6.45) is 0.202. The van der Waals surface area contributed by atoms with E-state index in [9.17, 15) is 9.18 Å². The van der Waals surface area contributed by atoms with Gasteiger partial charge in [-0.05, 0) is 24.3 Å². The maximum Gasteiger partial charge on any atom is 0.226 e. The highest BCUT2D eigenvalue weighted by atomic mass is 19.1. The topological polar surface area (TPSA) is 68.0 Å². The first-order valence-electron chi connectivity index (χ1n) is 5.71. The van der Waals surface area contributed by atoms with E-state index >= 15 is 0 Å². The van der Waals surface area contributed by atoms with Gasteiger partial charge in [0.05, 0.1) is 17.6 Å². The van der Waals surface area contributed by atoms with Crippen LogP contribution in [0.4, 0.5) is 4.39 Å². The molecule has 5 heteroatoms. The summed E-state index contributed by atoms with van der Waals surface area (Å²) >= 11 is 0. The molecule has 1 aromatic carbocycles. The van der Waals surface area contributed by atoms with Crippen LogP contribution in [0.25, 0.3) is 10.9 Å². The number of nitrogens with one attached hydrogen (secondary N) is 1. The average Bonchev–Trinajstić information content (AvgIpc) is 2.36. The van der Waals surface area contributed by atoms with Crippen LogP contribution in [0.1, 0.15) is 5.69 Å². The maximum absolute atomic E-state index is 13.0.